The fourth-order valence-corrected chi connectivity index (χ4v) is 4.03. The average molecular weight is 405 g/mol. The molecule has 0 aliphatic carbocycles. The van der Waals surface area contributed by atoms with Gasteiger partial charge in [-0.2, -0.15) is 0 Å². The van der Waals surface area contributed by atoms with Crippen molar-refractivity contribution in [2.75, 3.05) is 49.6 Å². The van der Waals surface area contributed by atoms with Crippen molar-refractivity contribution in [3.8, 4) is 0 Å². The number of carbonyl (C=O) groups is 1. The summed E-state index contributed by atoms with van der Waals surface area (Å²) < 4.78 is 18.6. The SMILES string of the molecule is COC1CCN(C(=O)N2CCN(c3ccc(F)cn3)CC2)c2ccc(Cl)cc21. The van der Waals surface area contributed by atoms with E-state index in [0.29, 0.717) is 37.7 Å². The van der Waals surface area contributed by atoms with Gasteiger partial charge in [-0.15, -0.1) is 0 Å². The Bertz CT molecular complexity index is 856. The fourth-order valence-electron chi connectivity index (χ4n) is 3.85. The number of fused-ring (bicyclic) bond motifs is 1. The van der Waals surface area contributed by atoms with Crippen molar-refractivity contribution in [3.05, 3.63) is 52.9 Å². The number of ether oxygens (including phenoxy) is 1. The largest absolute Gasteiger partial charge is 0.377 e. The van der Waals surface area contributed by atoms with Crippen LogP contribution >= 0.6 is 11.6 Å². The van der Waals surface area contributed by atoms with Crippen molar-refractivity contribution in [1.82, 2.24) is 9.88 Å². The van der Waals surface area contributed by atoms with Crippen LogP contribution in [0.3, 0.4) is 0 Å². The number of hydrogen-bond donors (Lipinski definition) is 0. The van der Waals surface area contributed by atoms with Crippen molar-refractivity contribution in [1.29, 1.82) is 0 Å². The van der Waals surface area contributed by atoms with Crippen LogP contribution in [0.25, 0.3) is 0 Å². The molecule has 148 valence electrons. The molecule has 2 aliphatic heterocycles. The number of carbonyl (C=O) groups excluding carboxylic acids is 1. The number of rotatable bonds is 2. The van der Waals surface area contributed by atoms with Crippen LogP contribution in [0, 0.1) is 5.82 Å². The number of nitrogens with zero attached hydrogens (tertiary/aromatic N) is 4. The molecule has 2 amide bonds. The zero-order valence-corrected chi connectivity index (χ0v) is 16.4. The quantitative estimate of drug-likeness (QED) is 0.765. The summed E-state index contributed by atoms with van der Waals surface area (Å²) in [4.78, 5) is 23.0. The first kappa shape index (κ1) is 19.0. The second kappa shape index (κ2) is 7.93. The minimum Gasteiger partial charge on any atom is -0.377 e. The first-order chi connectivity index (χ1) is 13.6. The van der Waals surface area contributed by atoms with Gasteiger partial charge in [-0.1, -0.05) is 11.6 Å². The lowest BCUT2D eigenvalue weighted by Crippen LogP contribution is -2.54. The molecule has 8 heteroatoms. The van der Waals surface area contributed by atoms with E-state index in [1.807, 2.05) is 21.9 Å². The van der Waals surface area contributed by atoms with E-state index in [-0.39, 0.29) is 18.0 Å². The van der Waals surface area contributed by atoms with Crippen molar-refractivity contribution in [2.24, 2.45) is 0 Å². The van der Waals surface area contributed by atoms with Gasteiger partial charge in [0.2, 0.25) is 0 Å². The maximum atomic E-state index is 13.2. The third-order valence-corrected chi connectivity index (χ3v) is 5.58. The Morgan fingerprint density at radius 1 is 1.18 bits per heavy atom. The zero-order valence-electron chi connectivity index (χ0n) is 15.6. The number of piperazine rings is 1. The van der Waals surface area contributed by atoms with Crippen molar-refractivity contribution in [3.63, 3.8) is 0 Å². The summed E-state index contributed by atoms with van der Waals surface area (Å²) >= 11 is 6.15. The summed E-state index contributed by atoms with van der Waals surface area (Å²) in [5.74, 6) is 0.380. The van der Waals surface area contributed by atoms with E-state index >= 15 is 0 Å². The van der Waals surface area contributed by atoms with Gasteiger partial charge in [0.25, 0.3) is 0 Å². The number of methoxy groups -OCH3 is 1. The lowest BCUT2D eigenvalue weighted by atomic mass is 9.99. The summed E-state index contributed by atoms with van der Waals surface area (Å²) in [6.07, 6.45) is 1.89. The molecule has 3 heterocycles. The van der Waals surface area contributed by atoms with Crippen LogP contribution in [0.5, 0.6) is 0 Å². The van der Waals surface area contributed by atoms with E-state index in [9.17, 15) is 9.18 Å². The first-order valence-electron chi connectivity index (χ1n) is 9.32. The molecule has 2 aliphatic rings. The molecule has 1 atom stereocenters. The highest BCUT2D eigenvalue weighted by atomic mass is 35.5. The molecule has 6 nitrogen and oxygen atoms in total. The van der Waals surface area contributed by atoms with E-state index < -0.39 is 0 Å². The summed E-state index contributed by atoms with van der Waals surface area (Å²) in [5.41, 5.74) is 1.80. The van der Waals surface area contributed by atoms with Gasteiger partial charge in [0, 0.05) is 50.4 Å². The number of aromatic nitrogens is 1. The van der Waals surface area contributed by atoms with E-state index in [2.05, 4.69) is 9.88 Å². The second-order valence-electron chi connectivity index (χ2n) is 6.96. The van der Waals surface area contributed by atoms with Crippen molar-refractivity contribution >= 4 is 29.1 Å². The minimum atomic E-state index is -0.351. The number of anilines is 2. The molecule has 0 N–H and O–H groups in total. The molecule has 1 saturated heterocycles. The Morgan fingerprint density at radius 2 is 1.96 bits per heavy atom. The smallest absolute Gasteiger partial charge is 0.324 e. The topological polar surface area (TPSA) is 48.9 Å². The van der Waals surface area contributed by atoms with E-state index in [1.165, 1.54) is 12.3 Å². The van der Waals surface area contributed by atoms with Gasteiger partial charge in [0.05, 0.1) is 18.0 Å². The Morgan fingerprint density at radius 3 is 2.64 bits per heavy atom. The molecule has 0 saturated carbocycles. The highest BCUT2D eigenvalue weighted by Gasteiger charge is 2.32. The lowest BCUT2D eigenvalue weighted by molar-refractivity contribution is 0.0934. The Kier molecular flexibility index (Phi) is 5.37. The van der Waals surface area contributed by atoms with Gasteiger partial charge in [-0.25, -0.2) is 14.2 Å². The van der Waals surface area contributed by atoms with Crippen molar-refractivity contribution < 1.29 is 13.9 Å². The summed E-state index contributed by atoms with van der Waals surface area (Å²) in [5, 5.41) is 0.635. The van der Waals surface area contributed by atoms with Crippen LogP contribution in [0.1, 0.15) is 18.1 Å². The molecule has 28 heavy (non-hydrogen) atoms. The Hall–Kier alpha value is -2.38. The molecule has 1 unspecified atom stereocenters. The highest BCUT2D eigenvalue weighted by Crippen LogP contribution is 2.37. The van der Waals surface area contributed by atoms with Crippen LogP contribution in [0.2, 0.25) is 5.02 Å². The maximum absolute atomic E-state index is 13.2. The molecule has 1 aromatic heterocycles. The summed E-state index contributed by atoms with van der Waals surface area (Å²) in [6.45, 7) is 3.10. The van der Waals surface area contributed by atoms with E-state index in [1.54, 1.807) is 19.2 Å². The minimum absolute atomic E-state index is 0.00941. The maximum Gasteiger partial charge on any atom is 0.324 e. The zero-order chi connectivity index (χ0) is 19.7. The molecular weight excluding hydrogens is 383 g/mol. The number of hydrogen-bond acceptors (Lipinski definition) is 4. The van der Waals surface area contributed by atoms with Crippen LogP contribution in [0.15, 0.2) is 36.5 Å². The van der Waals surface area contributed by atoms with Crippen LogP contribution in [-0.4, -0.2) is 55.7 Å². The number of urea groups is 1. The first-order valence-corrected chi connectivity index (χ1v) is 9.70. The molecule has 0 bridgehead atoms. The standard InChI is InChI=1S/C20H22ClFN4O2/c1-28-18-6-7-26(17-4-2-14(21)12-16(17)18)20(27)25-10-8-24(9-11-25)19-5-3-15(22)13-23-19/h2-5,12-13,18H,6-11H2,1H3. The third kappa shape index (κ3) is 3.64. The lowest BCUT2D eigenvalue weighted by Gasteiger charge is -2.40. The molecular formula is C20H22ClFN4O2. The Balaban J connectivity index is 1.46. The predicted octanol–water partition coefficient (Wildman–Crippen LogP) is 3.71. The second-order valence-corrected chi connectivity index (χ2v) is 7.40. The Labute approximate surface area is 168 Å². The van der Waals surface area contributed by atoms with Crippen LogP contribution in [-0.2, 0) is 4.74 Å². The van der Waals surface area contributed by atoms with Gasteiger partial charge in [0.15, 0.2) is 0 Å². The number of pyridine rings is 1. The molecule has 2 aromatic rings. The molecule has 4 rings (SSSR count). The monoisotopic (exact) mass is 404 g/mol. The van der Waals surface area contributed by atoms with E-state index in [0.717, 1.165) is 23.5 Å². The molecule has 1 aromatic carbocycles. The molecule has 0 radical (unpaired) electrons. The van der Waals surface area contributed by atoms with Gasteiger partial charge >= 0.3 is 6.03 Å². The molecule has 1 fully saturated rings. The summed E-state index contributed by atoms with van der Waals surface area (Å²) in [7, 11) is 1.68. The van der Waals surface area contributed by atoms with Crippen molar-refractivity contribution in [2.45, 2.75) is 12.5 Å². The van der Waals surface area contributed by atoms with E-state index in [4.69, 9.17) is 16.3 Å². The number of amides is 2. The summed E-state index contributed by atoms with van der Waals surface area (Å²) in [6, 6.07) is 8.63. The van der Waals surface area contributed by atoms with Gasteiger partial charge in [0.1, 0.15) is 11.6 Å². The highest BCUT2D eigenvalue weighted by molar-refractivity contribution is 6.30. The number of halogens is 2. The van der Waals surface area contributed by atoms with Crippen LogP contribution < -0.4 is 9.80 Å². The predicted molar refractivity (Wildman–Crippen MR) is 107 cm³/mol. The average Bonchev–Trinajstić information content (AvgIpc) is 2.73. The van der Waals surface area contributed by atoms with Gasteiger partial charge in [-0.3, -0.25) is 4.90 Å². The fraction of sp³-hybridized carbons (Fsp3) is 0.400. The van der Waals surface area contributed by atoms with Crippen LogP contribution in [0.4, 0.5) is 20.7 Å². The number of benzene rings is 1. The van der Waals surface area contributed by atoms with Gasteiger partial charge in [-0.05, 0) is 36.8 Å². The molecule has 0 spiro atoms. The normalized spacial score (nSPS) is 19.5. The van der Waals surface area contributed by atoms with Gasteiger partial charge < -0.3 is 14.5 Å². The third-order valence-electron chi connectivity index (χ3n) is 5.34.